The molecule has 2 aromatic rings. The highest BCUT2D eigenvalue weighted by molar-refractivity contribution is 7.14. The van der Waals surface area contributed by atoms with Gasteiger partial charge < -0.3 is 14.4 Å². The summed E-state index contributed by atoms with van der Waals surface area (Å²) >= 11 is 1.27. The second kappa shape index (κ2) is 9.12. The minimum atomic E-state index is -0.506. The lowest BCUT2D eigenvalue weighted by Crippen LogP contribution is -2.41. The lowest BCUT2D eigenvalue weighted by molar-refractivity contribution is -0.134. The molecule has 0 unspecified atom stereocenters. The summed E-state index contributed by atoms with van der Waals surface area (Å²) in [6, 6.07) is 8.99. The zero-order chi connectivity index (χ0) is 20.1. The first-order valence-corrected chi connectivity index (χ1v) is 9.97. The summed E-state index contributed by atoms with van der Waals surface area (Å²) in [5.74, 6) is -0.743. The van der Waals surface area contributed by atoms with Crippen LogP contribution >= 0.6 is 11.3 Å². The molecular formula is C21H23NO5S. The van der Waals surface area contributed by atoms with Gasteiger partial charge in [0, 0.05) is 18.0 Å². The van der Waals surface area contributed by atoms with E-state index in [2.05, 4.69) is 0 Å². The molecule has 1 aliphatic heterocycles. The second-order valence-electron chi connectivity index (χ2n) is 6.75. The maximum atomic E-state index is 12.4. The van der Waals surface area contributed by atoms with E-state index in [1.165, 1.54) is 11.3 Å². The lowest BCUT2D eigenvalue weighted by Gasteiger charge is -2.26. The van der Waals surface area contributed by atoms with Crippen LogP contribution < -0.4 is 0 Å². The maximum Gasteiger partial charge on any atom is 0.338 e. The van der Waals surface area contributed by atoms with Gasteiger partial charge in [-0.1, -0.05) is 17.7 Å². The zero-order valence-corrected chi connectivity index (χ0v) is 16.8. The SMILES string of the molecule is Cc1ccc(C)c(C(=O)OCC(=O)c2ccc(CC(=O)N3CCOCC3)s2)c1. The van der Waals surface area contributed by atoms with E-state index in [-0.39, 0.29) is 24.7 Å². The van der Waals surface area contributed by atoms with Crippen LogP contribution in [0.15, 0.2) is 30.3 Å². The number of esters is 1. The van der Waals surface area contributed by atoms with E-state index in [0.717, 1.165) is 16.0 Å². The van der Waals surface area contributed by atoms with E-state index in [0.29, 0.717) is 36.7 Å². The molecule has 0 bridgehead atoms. The van der Waals surface area contributed by atoms with Gasteiger partial charge in [-0.05, 0) is 37.6 Å². The van der Waals surface area contributed by atoms with Gasteiger partial charge in [-0.25, -0.2) is 4.79 Å². The average Bonchev–Trinajstić information content (AvgIpc) is 3.17. The minimum Gasteiger partial charge on any atom is -0.454 e. The molecule has 0 radical (unpaired) electrons. The number of carbonyl (C=O) groups is 3. The van der Waals surface area contributed by atoms with Crippen molar-refractivity contribution in [1.29, 1.82) is 0 Å². The van der Waals surface area contributed by atoms with Gasteiger partial charge in [0.2, 0.25) is 11.7 Å². The number of morpholine rings is 1. The van der Waals surface area contributed by atoms with E-state index in [9.17, 15) is 14.4 Å². The first-order chi connectivity index (χ1) is 13.4. The van der Waals surface area contributed by atoms with Crippen LogP contribution in [0.2, 0.25) is 0 Å². The Balaban J connectivity index is 1.54. The molecule has 1 aliphatic rings. The maximum absolute atomic E-state index is 12.4. The van der Waals surface area contributed by atoms with Crippen LogP contribution in [0, 0.1) is 13.8 Å². The molecule has 0 saturated carbocycles. The third-order valence-corrected chi connectivity index (χ3v) is 5.70. The summed E-state index contributed by atoms with van der Waals surface area (Å²) in [6.07, 6.45) is 0.264. The number of carbonyl (C=O) groups excluding carboxylic acids is 3. The molecule has 28 heavy (non-hydrogen) atoms. The standard InChI is InChI=1S/C21H23NO5S/c1-14-3-4-15(2)17(11-14)21(25)27-13-18(23)19-6-5-16(28-19)12-20(24)22-7-9-26-10-8-22/h3-6,11H,7-10,12-13H2,1-2H3. The fraction of sp³-hybridized carbons (Fsp3) is 0.381. The number of ether oxygens (including phenoxy) is 2. The van der Waals surface area contributed by atoms with Crippen LogP contribution in [-0.2, 0) is 20.7 Å². The Morgan fingerprint density at radius 2 is 1.86 bits per heavy atom. The predicted octanol–water partition coefficient (Wildman–Crippen LogP) is 2.81. The van der Waals surface area contributed by atoms with Gasteiger partial charge in [0.25, 0.3) is 0 Å². The van der Waals surface area contributed by atoms with Crippen molar-refractivity contribution in [3.05, 3.63) is 56.8 Å². The Labute approximate surface area is 168 Å². The highest BCUT2D eigenvalue weighted by Crippen LogP contribution is 2.19. The molecule has 6 nitrogen and oxygen atoms in total. The van der Waals surface area contributed by atoms with Crippen molar-refractivity contribution in [2.24, 2.45) is 0 Å². The van der Waals surface area contributed by atoms with E-state index >= 15 is 0 Å². The number of hydrogen-bond acceptors (Lipinski definition) is 6. The number of rotatable bonds is 6. The number of nitrogens with zero attached hydrogens (tertiary/aromatic N) is 1. The smallest absolute Gasteiger partial charge is 0.338 e. The van der Waals surface area contributed by atoms with Crippen molar-refractivity contribution >= 4 is 29.0 Å². The van der Waals surface area contributed by atoms with Crippen molar-refractivity contribution in [3.63, 3.8) is 0 Å². The van der Waals surface area contributed by atoms with Crippen molar-refractivity contribution in [2.75, 3.05) is 32.9 Å². The monoisotopic (exact) mass is 401 g/mol. The summed E-state index contributed by atoms with van der Waals surface area (Å²) in [7, 11) is 0. The second-order valence-corrected chi connectivity index (χ2v) is 7.92. The molecular weight excluding hydrogens is 378 g/mol. The van der Waals surface area contributed by atoms with Crippen molar-refractivity contribution in [1.82, 2.24) is 4.90 Å². The van der Waals surface area contributed by atoms with E-state index in [4.69, 9.17) is 9.47 Å². The molecule has 0 spiro atoms. The fourth-order valence-corrected chi connectivity index (χ4v) is 3.86. The zero-order valence-electron chi connectivity index (χ0n) is 16.0. The molecule has 2 heterocycles. The predicted molar refractivity (Wildman–Crippen MR) is 106 cm³/mol. The molecule has 0 atom stereocenters. The molecule has 3 rings (SSSR count). The topological polar surface area (TPSA) is 72.9 Å². The molecule has 148 valence electrons. The Morgan fingerprint density at radius 3 is 2.61 bits per heavy atom. The van der Waals surface area contributed by atoms with Crippen LogP contribution in [0.25, 0.3) is 0 Å². The number of ketones is 1. The lowest BCUT2D eigenvalue weighted by atomic mass is 10.1. The Kier molecular flexibility index (Phi) is 6.59. The van der Waals surface area contributed by atoms with Crippen molar-refractivity contribution in [3.8, 4) is 0 Å². The number of amides is 1. The van der Waals surface area contributed by atoms with Gasteiger partial charge in [0.1, 0.15) is 0 Å². The van der Waals surface area contributed by atoms with Gasteiger partial charge in [-0.2, -0.15) is 0 Å². The van der Waals surface area contributed by atoms with Crippen LogP contribution in [0.3, 0.4) is 0 Å². The van der Waals surface area contributed by atoms with Crippen molar-refractivity contribution in [2.45, 2.75) is 20.3 Å². The average molecular weight is 401 g/mol. The van der Waals surface area contributed by atoms with Crippen LogP contribution in [0.5, 0.6) is 0 Å². The molecule has 1 amide bonds. The Hall–Kier alpha value is -2.51. The third kappa shape index (κ3) is 5.05. The molecule has 1 saturated heterocycles. The van der Waals surface area contributed by atoms with Gasteiger partial charge in [0.15, 0.2) is 6.61 Å². The highest BCUT2D eigenvalue weighted by atomic mass is 32.1. The summed E-state index contributed by atoms with van der Waals surface area (Å²) in [5.41, 5.74) is 2.23. The van der Waals surface area contributed by atoms with Gasteiger partial charge >= 0.3 is 5.97 Å². The molecule has 1 fully saturated rings. The number of Topliss-reactive ketones (excluding diaryl/α,β-unsaturated/α-hetero) is 1. The molecule has 1 aromatic carbocycles. The molecule has 0 N–H and O–H groups in total. The quantitative estimate of drug-likeness (QED) is 0.550. The molecule has 7 heteroatoms. The summed E-state index contributed by atoms with van der Waals surface area (Å²) in [6.45, 7) is 5.73. The first-order valence-electron chi connectivity index (χ1n) is 9.16. The van der Waals surface area contributed by atoms with Crippen LogP contribution in [-0.4, -0.2) is 55.5 Å². The Morgan fingerprint density at radius 1 is 1.11 bits per heavy atom. The van der Waals surface area contributed by atoms with Gasteiger partial charge in [-0.15, -0.1) is 11.3 Å². The summed E-state index contributed by atoms with van der Waals surface area (Å²) in [4.78, 5) is 40.0. The van der Waals surface area contributed by atoms with Crippen LogP contribution in [0.1, 0.15) is 36.0 Å². The number of aryl methyl sites for hydroxylation is 2. The summed E-state index contributed by atoms with van der Waals surface area (Å²) in [5, 5.41) is 0. The normalized spacial score (nSPS) is 14.0. The van der Waals surface area contributed by atoms with Crippen LogP contribution in [0.4, 0.5) is 0 Å². The van der Waals surface area contributed by atoms with E-state index < -0.39 is 5.97 Å². The summed E-state index contributed by atoms with van der Waals surface area (Å²) < 4.78 is 10.4. The third-order valence-electron chi connectivity index (χ3n) is 4.57. The fourth-order valence-electron chi connectivity index (χ4n) is 2.93. The highest BCUT2D eigenvalue weighted by Gasteiger charge is 2.19. The molecule has 0 aliphatic carbocycles. The van der Waals surface area contributed by atoms with Gasteiger partial charge in [-0.3, -0.25) is 9.59 Å². The molecule has 1 aromatic heterocycles. The minimum absolute atomic E-state index is 0.0329. The van der Waals surface area contributed by atoms with Crippen molar-refractivity contribution < 1.29 is 23.9 Å². The number of benzene rings is 1. The van der Waals surface area contributed by atoms with E-state index in [1.54, 1.807) is 23.1 Å². The van der Waals surface area contributed by atoms with E-state index in [1.807, 2.05) is 26.0 Å². The van der Waals surface area contributed by atoms with Gasteiger partial charge in [0.05, 0.1) is 30.1 Å². The Bertz CT molecular complexity index is 883. The first kappa shape index (κ1) is 20.2. The number of hydrogen-bond donors (Lipinski definition) is 0. The largest absolute Gasteiger partial charge is 0.454 e. The number of thiophene rings is 1.